The van der Waals surface area contributed by atoms with Gasteiger partial charge in [-0.05, 0) is 24.3 Å². The summed E-state index contributed by atoms with van der Waals surface area (Å²) in [6, 6.07) is 7.55. The molecule has 1 aromatic rings. The van der Waals surface area contributed by atoms with E-state index in [-0.39, 0.29) is 18.4 Å². The molecular formula is C12H12BrNO3. The van der Waals surface area contributed by atoms with Crippen molar-refractivity contribution >= 4 is 27.8 Å². The monoisotopic (exact) mass is 297 g/mol. The van der Waals surface area contributed by atoms with Crippen molar-refractivity contribution in [2.45, 2.75) is 12.5 Å². The molecule has 2 rings (SSSR count). The normalized spacial score (nSPS) is 18.5. The number of aliphatic imine (C=N–C) groups is 1. The lowest BCUT2D eigenvalue weighted by molar-refractivity contribution is -0.141. The van der Waals surface area contributed by atoms with E-state index in [4.69, 9.17) is 4.74 Å². The standard InChI is InChI=1S/C12H12BrNO3/c1-16-11(15)6-10-7-17-12(14-10)8-2-4-9(13)5-3-8/h2-5,10H,6-7H2,1H3/t10-/m0/s1. The zero-order valence-electron chi connectivity index (χ0n) is 9.35. The van der Waals surface area contributed by atoms with Crippen molar-refractivity contribution in [1.82, 2.24) is 0 Å². The van der Waals surface area contributed by atoms with Crippen LogP contribution in [0.15, 0.2) is 33.7 Å². The molecule has 0 saturated carbocycles. The van der Waals surface area contributed by atoms with Crippen LogP contribution in [0.4, 0.5) is 0 Å². The van der Waals surface area contributed by atoms with E-state index in [2.05, 4.69) is 25.7 Å². The summed E-state index contributed by atoms with van der Waals surface area (Å²) in [7, 11) is 1.37. The number of benzene rings is 1. The van der Waals surface area contributed by atoms with Crippen molar-refractivity contribution in [1.29, 1.82) is 0 Å². The van der Waals surface area contributed by atoms with Gasteiger partial charge >= 0.3 is 5.97 Å². The van der Waals surface area contributed by atoms with E-state index in [1.807, 2.05) is 24.3 Å². The lowest BCUT2D eigenvalue weighted by atomic mass is 10.2. The van der Waals surface area contributed by atoms with E-state index >= 15 is 0 Å². The Morgan fingerprint density at radius 1 is 1.53 bits per heavy atom. The number of rotatable bonds is 3. The molecule has 0 aromatic heterocycles. The first-order valence-electron chi connectivity index (χ1n) is 5.22. The summed E-state index contributed by atoms with van der Waals surface area (Å²) in [5.74, 6) is 0.325. The van der Waals surface area contributed by atoms with Gasteiger partial charge in [0.25, 0.3) is 0 Å². The second-order valence-electron chi connectivity index (χ2n) is 3.69. The molecule has 1 aliphatic heterocycles. The molecule has 1 aliphatic rings. The van der Waals surface area contributed by atoms with Crippen molar-refractivity contribution < 1.29 is 14.3 Å². The molecule has 1 atom stereocenters. The first kappa shape index (κ1) is 12.1. The Bertz CT molecular complexity index is 442. The van der Waals surface area contributed by atoms with Gasteiger partial charge in [-0.25, -0.2) is 4.99 Å². The van der Waals surface area contributed by atoms with E-state index in [1.165, 1.54) is 7.11 Å². The molecular weight excluding hydrogens is 286 g/mol. The first-order valence-corrected chi connectivity index (χ1v) is 6.01. The van der Waals surface area contributed by atoms with Crippen LogP contribution < -0.4 is 0 Å². The quantitative estimate of drug-likeness (QED) is 0.803. The predicted molar refractivity (Wildman–Crippen MR) is 67.1 cm³/mol. The number of ether oxygens (including phenoxy) is 2. The molecule has 0 saturated heterocycles. The summed E-state index contributed by atoms with van der Waals surface area (Å²) in [6.07, 6.45) is 0.260. The van der Waals surface area contributed by atoms with Crippen LogP contribution in [-0.2, 0) is 14.3 Å². The van der Waals surface area contributed by atoms with Crippen LogP contribution in [0.3, 0.4) is 0 Å². The molecule has 5 heteroatoms. The lowest BCUT2D eigenvalue weighted by Gasteiger charge is -2.01. The minimum absolute atomic E-state index is 0.138. The third kappa shape index (κ3) is 3.06. The molecule has 17 heavy (non-hydrogen) atoms. The van der Waals surface area contributed by atoms with E-state index < -0.39 is 0 Å². The van der Waals surface area contributed by atoms with Gasteiger partial charge in [-0.1, -0.05) is 15.9 Å². The summed E-state index contributed by atoms with van der Waals surface area (Å²) in [6.45, 7) is 0.431. The van der Waals surface area contributed by atoms with E-state index in [0.29, 0.717) is 12.5 Å². The highest BCUT2D eigenvalue weighted by Gasteiger charge is 2.22. The zero-order chi connectivity index (χ0) is 12.3. The second-order valence-corrected chi connectivity index (χ2v) is 4.60. The Morgan fingerprint density at radius 3 is 2.88 bits per heavy atom. The van der Waals surface area contributed by atoms with Crippen LogP contribution in [0.25, 0.3) is 0 Å². The SMILES string of the molecule is COC(=O)C[C@H]1COC(c2ccc(Br)cc2)=N1. The van der Waals surface area contributed by atoms with Gasteiger partial charge in [0.1, 0.15) is 6.61 Å². The van der Waals surface area contributed by atoms with Crippen molar-refractivity contribution in [2.24, 2.45) is 4.99 Å². The molecule has 0 unspecified atom stereocenters. The number of nitrogens with zero attached hydrogens (tertiary/aromatic N) is 1. The highest BCUT2D eigenvalue weighted by atomic mass is 79.9. The van der Waals surface area contributed by atoms with Crippen LogP contribution in [0, 0.1) is 0 Å². The van der Waals surface area contributed by atoms with Crippen molar-refractivity contribution in [3.63, 3.8) is 0 Å². The minimum Gasteiger partial charge on any atom is -0.475 e. The molecule has 1 heterocycles. The Morgan fingerprint density at radius 2 is 2.24 bits per heavy atom. The minimum atomic E-state index is -0.264. The van der Waals surface area contributed by atoms with Gasteiger partial charge in [-0.15, -0.1) is 0 Å². The fraction of sp³-hybridized carbons (Fsp3) is 0.333. The molecule has 4 nitrogen and oxygen atoms in total. The van der Waals surface area contributed by atoms with Crippen LogP contribution >= 0.6 is 15.9 Å². The Labute approximate surface area is 108 Å². The summed E-state index contributed by atoms with van der Waals surface area (Å²) < 4.78 is 11.1. The molecule has 0 radical (unpaired) electrons. The van der Waals surface area contributed by atoms with Gasteiger partial charge in [0, 0.05) is 10.0 Å². The van der Waals surface area contributed by atoms with Gasteiger partial charge < -0.3 is 9.47 Å². The third-order valence-electron chi connectivity index (χ3n) is 2.43. The summed E-state index contributed by atoms with van der Waals surface area (Å²) >= 11 is 3.37. The maximum absolute atomic E-state index is 11.1. The average molecular weight is 298 g/mol. The molecule has 1 aromatic carbocycles. The van der Waals surface area contributed by atoms with Crippen molar-refractivity contribution in [3.05, 3.63) is 34.3 Å². The number of halogens is 1. The van der Waals surface area contributed by atoms with Gasteiger partial charge in [0.2, 0.25) is 5.90 Å². The molecule has 0 N–H and O–H groups in total. The van der Waals surface area contributed by atoms with Crippen molar-refractivity contribution in [2.75, 3.05) is 13.7 Å². The fourth-order valence-electron chi connectivity index (χ4n) is 1.55. The van der Waals surface area contributed by atoms with E-state index in [0.717, 1.165) is 10.0 Å². The van der Waals surface area contributed by atoms with Gasteiger partial charge in [-0.2, -0.15) is 0 Å². The molecule has 0 aliphatic carbocycles. The summed E-state index contributed by atoms with van der Waals surface area (Å²) in [5, 5.41) is 0. The largest absolute Gasteiger partial charge is 0.475 e. The highest BCUT2D eigenvalue weighted by molar-refractivity contribution is 9.10. The molecule has 0 amide bonds. The van der Waals surface area contributed by atoms with Crippen LogP contribution in [0.2, 0.25) is 0 Å². The third-order valence-corrected chi connectivity index (χ3v) is 2.96. The number of methoxy groups -OCH3 is 1. The molecule has 0 spiro atoms. The number of carbonyl (C=O) groups excluding carboxylic acids is 1. The van der Waals surface area contributed by atoms with Crippen LogP contribution in [0.1, 0.15) is 12.0 Å². The number of hydrogen-bond acceptors (Lipinski definition) is 4. The van der Waals surface area contributed by atoms with Gasteiger partial charge in [0.15, 0.2) is 0 Å². The average Bonchev–Trinajstić information content (AvgIpc) is 2.78. The zero-order valence-corrected chi connectivity index (χ0v) is 10.9. The van der Waals surface area contributed by atoms with Gasteiger partial charge in [-0.3, -0.25) is 4.79 Å². The summed E-state index contributed by atoms with van der Waals surface area (Å²) in [5.41, 5.74) is 0.917. The molecule has 0 bridgehead atoms. The highest BCUT2D eigenvalue weighted by Crippen LogP contribution is 2.17. The Hall–Kier alpha value is -1.36. The molecule has 0 fully saturated rings. The Kier molecular flexibility index (Phi) is 3.78. The molecule has 90 valence electrons. The number of carbonyl (C=O) groups is 1. The fourth-order valence-corrected chi connectivity index (χ4v) is 1.81. The Balaban J connectivity index is 2.06. The maximum atomic E-state index is 11.1. The number of esters is 1. The topological polar surface area (TPSA) is 47.9 Å². The van der Waals surface area contributed by atoms with Crippen LogP contribution in [-0.4, -0.2) is 31.6 Å². The second kappa shape index (κ2) is 5.31. The lowest BCUT2D eigenvalue weighted by Crippen LogP contribution is -2.13. The van der Waals surface area contributed by atoms with E-state index in [9.17, 15) is 4.79 Å². The van der Waals surface area contributed by atoms with Crippen LogP contribution in [0.5, 0.6) is 0 Å². The maximum Gasteiger partial charge on any atom is 0.307 e. The van der Waals surface area contributed by atoms with Gasteiger partial charge in [0.05, 0.1) is 19.6 Å². The first-order chi connectivity index (χ1) is 8.19. The summed E-state index contributed by atoms with van der Waals surface area (Å²) in [4.78, 5) is 15.5. The predicted octanol–water partition coefficient (Wildman–Crippen LogP) is 2.16. The smallest absolute Gasteiger partial charge is 0.307 e. The number of hydrogen-bond donors (Lipinski definition) is 0. The van der Waals surface area contributed by atoms with E-state index in [1.54, 1.807) is 0 Å². The van der Waals surface area contributed by atoms with Crippen molar-refractivity contribution in [3.8, 4) is 0 Å².